The summed E-state index contributed by atoms with van der Waals surface area (Å²) in [5.41, 5.74) is 3.45. The minimum atomic E-state index is -3.84. The van der Waals surface area contributed by atoms with Crippen LogP contribution in [0.4, 0.5) is 11.4 Å². The second-order valence-electron chi connectivity index (χ2n) is 7.52. The van der Waals surface area contributed by atoms with E-state index in [1.165, 1.54) is 24.4 Å². The number of benzene rings is 3. The molecule has 0 aliphatic carbocycles. The maximum absolute atomic E-state index is 12.3. The molecule has 3 rings (SSSR count). The molecule has 0 aliphatic rings. The van der Waals surface area contributed by atoms with Gasteiger partial charge >= 0.3 is 0 Å². The lowest BCUT2D eigenvalue weighted by Crippen LogP contribution is -2.39. The zero-order valence-electron chi connectivity index (χ0n) is 19.3. The number of nitrogens with zero attached hydrogens (tertiary/aromatic N) is 2. The van der Waals surface area contributed by atoms with E-state index in [1.807, 2.05) is 0 Å². The van der Waals surface area contributed by atoms with Crippen LogP contribution in [-0.2, 0) is 19.6 Å². The first-order chi connectivity index (χ1) is 17.5. The van der Waals surface area contributed by atoms with E-state index < -0.39 is 22.5 Å². The SMILES string of the molecule is CS(=O)(=O)N(CC(=O)N/N=C/c1ccc(OCC(=O)Nc2ccccc2Cl)cc1)c1cccc(Cl)c1Cl. The molecule has 3 aromatic carbocycles. The van der Waals surface area contributed by atoms with Crippen LogP contribution in [0.2, 0.25) is 15.1 Å². The third-order valence-electron chi connectivity index (χ3n) is 4.69. The van der Waals surface area contributed by atoms with E-state index in [-0.39, 0.29) is 28.2 Å². The van der Waals surface area contributed by atoms with Gasteiger partial charge in [0.25, 0.3) is 11.8 Å². The Morgan fingerprint density at radius 3 is 2.30 bits per heavy atom. The number of halogens is 3. The molecular formula is C24H21Cl3N4O5S. The number of nitrogens with one attached hydrogen (secondary N) is 2. The molecule has 0 radical (unpaired) electrons. The van der Waals surface area contributed by atoms with E-state index in [2.05, 4.69) is 15.8 Å². The minimum Gasteiger partial charge on any atom is -0.484 e. The van der Waals surface area contributed by atoms with E-state index in [9.17, 15) is 18.0 Å². The molecule has 0 heterocycles. The Morgan fingerprint density at radius 1 is 0.946 bits per heavy atom. The number of rotatable bonds is 10. The van der Waals surface area contributed by atoms with Crippen LogP contribution in [0.25, 0.3) is 0 Å². The average Bonchev–Trinajstić information content (AvgIpc) is 2.85. The van der Waals surface area contributed by atoms with Crippen LogP contribution in [0.15, 0.2) is 71.8 Å². The van der Waals surface area contributed by atoms with Crippen molar-refractivity contribution in [2.45, 2.75) is 0 Å². The first-order valence-electron chi connectivity index (χ1n) is 10.6. The van der Waals surface area contributed by atoms with Gasteiger partial charge in [-0.3, -0.25) is 13.9 Å². The van der Waals surface area contributed by atoms with Crippen LogP contribution in [0.5, 0.6) is 5.75 Å². The fourth-order valence-electron chi connectivity index (χ4n) is 2.96. The predicted octanol–water partition coefficient (Wildman–Crippen LogP) is 4.58. The largest absolute Gasteiger partial charge is 0.484 e. The molecule has 0 atom stereocenters. The molecule has 0 aromatic heterocycles. The number of amides is 2. The average molecular weight is 584 g/mol. The Bertz CT molecular complexity index is 1420. The maximum Gasteiger partial charge on any atom is 0.262 e. The lowest BCUT2D eigenvalue weighted by molar-refractivity contribution is -0.119. The molecule has 0 spiro atoms. The zero-order valence-corrected chi connectivity index (χ0v) is 22.4. The number of carbonyl (C=O) groups is 2. The number of carbonyl (C=O) groups excluding carboxylic acids is 2. The van der Waals surface area contributed by atoms with Gasteiger partial charge in [0.1, 0.15) is 12.3 Å². The predicted molar refractivity (Wildman–Crippen MR) is 146 cm³/mol. The highest BCUT2D eigenvalue weighted by molar-refractivity contribution is 7.92. The Morgan fingerprint density at radius 2 is 1.62 bits per heavy atom. The molecule has 9 nitrogen and oxygen atoms in total. The summed E-state index contributed by atoms with van der Waals surface area (Å²) in [7, 11) is -3.84. The Kier molecular flexibility index (Phi) is 9.76. The topological polar surface area (TPSA) is 117 Å². The van der Waals surface area contributed by atoms with Gasteiger partial charge in [-0.25, -0.2) is 13.8 Å². The molecule has 194 valence electrons. The highest BCUT2D eigenvalue weighted by Gasteiger charge is 2.23. The number of sulfonamides is 1. The van der Waals surface area contributed by atoms with E-state index in [4.69, 9.17) is 39.5 Å². The first-order valence-corrected chi connectivity index (χ1v) is 13.5. The van der Waals surface area contributed by atoms with Crippen LogP contribution in [0.3, 0.4) is 0 Å². The van der Waals surface area contributed by atoms with E-state index >= 15 is 0 Å². The number of anilines is 2. The summed E-state index contributed by atoms with van der Waals surface area (Å²) in [5.74, 6) is -0.622. The van der Waals surface area contributed by atoms with E-state index in [1.54, 1.807) is 48.5 Å². The van der Waals surface area contributed by atoms with Gasteiger partial charge in [-0.05, 0) is 54.1 Å². The van der Waals surface area contributed by atoms with Gasteiger partial charge < -0.3 is 10.1 Å². The van der Waals surface area contributed by atoms with Gasteiger partial charge in [-0.1, -0.05) is 53.0 Å². The summed E-state index contributed by atoms with van der Waals surface area (Å²) in [6, 6.07) is 17.9. The Hall–Kier alpha value is -3.31. The normalized spacial score (nSPS) is 11.2. The van der Waals surface area contributed by atoms with Crippen molar-refractivity contribution in [1.82, 2.24) is 5.43 Å². The summed E-state index contributed by atoms with van der Waals surface area (Å²) >= 11 is 18.1. The summed E-state index contributed by atoms with van der Waals surface area (Å²) in [6.07, 6.45) is 2.31. The number of hydrogen-bond acceptors (Lipinski definition) is 6. The summed E-state index contributed by atoms with van der Waals surface area (Å²) in [5, 5.41) is 7.09. The van der Waals surface area contributed by atoms with Gasteiger partial charge in [0.2, 0.25) is 10.0 Å². The van der Waals surface area contributed by atoms with Crippen molar-refractivity contribution < 1.29 is 22.7 Å². The zero-order chi connectivity index (χ0) is 27.0. The molecule has 13 heteroatoms. The summed E-state index contributed by atoms with van der Waals surface area (Å²) in [4.78, 5) is 24.4. The molecule has 0 saturated heterocycles. The van der Waals surface area contributed by atoms with Gasteiger partial charge in [-0.15, -0.1) is 0 Å². The standard InChI is InChI=1S/C24H21Cl3N4O5S/c1-37(34,35)31(21-8-4-6-19(26)24(21)27)14-22(32)30-28-13-16-9-11-17(12-10-16)36-15-23(33)29-20-7-3-2-5-18(20)25/h2-13H,14-15H2,1H3,(H,29,33)(H,30,32)/b28-13+. The van der Waals surface area contributed by atoms with Crippen molar-refractivity contribution in [3.8, 4) is 5.75 Å². The fraction of sp³-hybridized carbons (Fsp3) is 0.125. The Labute approximate surface area is 229 Å². The number of hydrogen-bond donors (Lipinski definition) is 2. The maximum atomic E-state index is 12.3. The van der Waals surface area contributed by atoms with Gasteiger partial charge in [-0.2, -0.15) is 5.10 Å². The summed E-state index contributed by atoms with van der Waals surface area (Å²) < 4.78 is 30.7. The lowest BCUT2D eigenvalue weighted by atomic mass is 10.2. The number of para-hydroxylation sites is 1. The van der Waals surface area contributed by atoms with E-state index in [0.717, 1.165) is 10.6 Å². The van der Waals surface area contributed by atoms with Crippen molar-refractivity contribution in [2.75, 3.05) is 29.0 Å². The summed E-state index contributed by atoms with van der Waals surface area (Å²) in [6.45, 7) is -0.776. The highest BCUT2D eigenvalue weighted by Crippen LogP contribution is 2.33. The fourth-order valence-corrected chi connectivity index (χ4v) is 4.45. The van der Waals surface area contributed by atoms with Crippen molar-refractivity contribution >= 4 is 74.2 Å². The molecule has 2 N–H and O–H groups in total. The van der Waals surface area contributed by atoms with Gasteiger partial charge in [0.15, 0.2) is 6.61 Å². The molecule has 37 heavy (non-hydrogen) atoms. The van der Waals surface area contributed by atoms with Crippen LogP contribution in [-0.4, -0.2) is 45.9 Å². The van der Waals surface area contributed by atoms with Crippen LogP contribution in [0, 0.1) is 0 Å². The molecule has 3 aromatic rings. The quantitative estimate of drug-likeness (QED) is 0.268. The second-order valence-corrected chi connectivity index (χ2v) is 10.6. The van der Waals surface area contributed by atoms with Crippen LogP contribution < -0.4 is 19.8 Å². The van der Waals surface area contributed by atoms with Gasteiger partial charge in [0.05, 0.1) is 38.9 Å². The van der Waals surface area contributed by atoms with Gasteiger partial charge in [0, 0.05) is 0 Å². The Balaban J connectivity index is 1.52. The van der Waals surface area contributed by atoms with Crippen molar-refractivity contribution in [1.29, 1.82) is 0 Å². The third kappa shape index (κ3) is 8.36. The van der Waals surface area contributed by atoms with E-state index in [0.29, 0.717) is 22.0 Å². The monoisotopic (exact) mass is 582 g/mol. The molecule has 0 saturated carbocycles. The number of ether oxygens (including phenoxy) is 1. The second kappa shape index (κ2) is 12.8. The van der Waals surface area contributed by atoms with Crippen molar-refractivity contribution in [3.63, 3.8) is 0 Å². The van der Waals surface area contributed by atoms with Crippen LogP contribution in [0.1, 0.15) is 5.56 Å². The third-order valence-corrected chi connectivity index (χ3v) is 6.95. The first kappa shape index (κ1) is 28.3. The number of hydrazone groups is 1. The lowest BCUT2D eigenvalue weighted by Gasteiger charge is -2.22. The smallest absolute Gasteiger partial charge is 0.262 e. The highest BCUT2D eigenvalue weighted by atomic mass is 35.5. The molecule has 0 bridgehead atoms. The van der Waals surface area contributed by atoms with Crippen molar-refractivity contribution in [3.05, 3.63) is 87.4 Å². The van der Waals surface area contributed by atoms with Crippen molar-refractivity contribution in [2.24, 2.45) is 5.10 Å². The molecule has 0 fully saturated rings. The van der Waals surface area contributed by atoms with Crippen LogP contribution >= 0.6 is 34.8 Å². The molecular weight excluding hydrogens is 563 g/mol. The minimum absolute atomic E-state index is 0.00884. The molecule has 0 aliphatic heterocycles. The molecule has 2 amide bonds. The molecule has 0 unspecified atom stereocenters.